The number of benzene rings is 1. The number of nitrogens with zero attached hydrogens (tertiary/aromatic N) is 2. The number of carbonyl (C=O) groups excluding carboxylic acids is 1. The lowest BCUT2D eigenvalue weighted by Gasteiger charge is -2.11. The van der Waals surface area contributed by atoms with E-state index in [1.807, 2.05) is 0 Å². The van der Waals surface area contributed by atoms with Crippen LogP contribution in [0.5, 0.6) is 11.5 Å². The lowest BCUT2D eigenvalue weighted by molar-refractivity contribution is 0.102. The first-order chi connectivity index (χ1) is 11.2. The second kappa shape index (κ2) is 7.98. The molecule has 1 aromatic carbocycles. The highest BCUT2D eigenvalue weighted by atomic mass is 16.5. The van der Waals surface area contributed by atoms with Gasteiger partial charge in [-0.1, -0.05) is 6.92 Å². The van der Waals surface area contributed by atoms with Crippen LogP contribution in [0.25, 0.3) is 0 Å². The highest BCUT2D eigenvalue weighted by Crippen LogP contribution is 2.29. The van der Waals surface area contributed by atoms with Crippen LogP contribution in [0.3, 0.4) is 0 Å². The van der Waals surface area contributed by atoms with Gasteiger partial charge < -0.3 is 20.1 Å². The van der Waals surface area contributed by atoms with Crippen molar-refractivity contribution in [2.75, 3.05) is 31.4 Å². The van der Waals surface area contributed by atoms with Crippen molar-refractivity contribution < 1.29 is 14.3 Å². The summed E-state index contributed by atoms with van der Waals surface area (Å²) in [5.74, 6) is 1.42. The van der Waals surface area contributed by atoms with Gasteiger partial charge in [-0.25, -0.2) is 0 Å². The quantitative estimate of drug-likeness (QED) is 0.816. The molecule has 7 heteroatoms. The zero-order valence-corrected chi connectivity index (χ0v) is 13.4. The Morgan fingerprint density at radius 2 is 1.96 bits per heavy atom. The van der Waals surface area contributed by atoms with Crippen molar-refractivity contribution in [1.82, 2.24) is 10.2 Å². The Kier molecular flexibility index (Phi) is 5.74. The van der Waals surface area contributed by atoms with Gasteiger partial charge in [-0.2, -0.15) is 0 Å². The third-order valence-electron chi connectivity index (χ3n) is 3.11. The Hall–Kier alpha value is -2.83. The summed E-state index contributed by atoms with van der Waals surface area (Å²) in [4.78, 5) is 12.3. The molecule has 0 radical (unpaired) electrons. The van der Waals surface area contributed by atoms with E-state index >= 15 is 0 Å². The topological polar surface area (TPSA) is 85.4 Å². The molecular formula is C16H20N4O3. The number of hydrogen-bond acceptors (Lipinski definition) is 6. The van der Waals surface area contributed by atoms with Crippen LogP contribution in [0.15, 0.2) is 30.3 Å². The predicted molar refractivity (Wildman–Crippen MR) is 88.3 cm³/mol. The summed E-state index contributed by atoms with van der Waals surface area (Å²) in [6.07, 6.45) is 0.986. The molecule has 2 N–H and O–H groups in total. The Bertz CT molecular complexity index is 659. The van der Waals surface area contributed by atoms with E-state index in [-0.39, 0.29) is 11.6 Å². The van der Waals surface area contributed by atoms with Crippen LogP contribution < -0.4 is 20.1 Å². The Labute approximate surface area is 135 Å². The number of aromatic nitrogens is 2. The highest BCUT2D eigenvalue weighted by molar-refractivity contribution is 6.03. The van der Waals surface area contributed by atoms with Crippen molar-refractivity contribution in [3.05, 3.63) is 36.0 Å². The summed E-state index contributed by atoms with van der Waals surface area (Å²) in [6, 6.07) is 8.50. The number of ether oxygens (including phenoxy) is 2. The Morgan fingerprint density at radius 3 is 2.57 bits per heavy atom. The molecule has 122 valence electrons. The van der Waals surface area contributed by atoms with Gasteiger partial charge in [0.15, 0.2) is 5.69 Å². The van der Waals surface area contributed by atoms with Crippen molar-refractivity contribution in [3.63, 3.8) is 0 Å². The lowest BCUT2D eigenvalue weighted by atomic mass is 10.2. The SMILES string of the molecule is CCCNc1ccc(C(=O)Nc2cc(OC)ccc2OC)nn1. The molecule has 0 aliphatic carbocycles. The van der Waals surface area contributed by atoms with Crippen molar-refractivity contribution in [2.45, 2.75) is 13.3 Å². The maximum absolute atomic E-state index is 12.3. The van der Waals surface area contributed by atoms with Gasteiger partial charge in [0, 0.05) is 12.6 Å². The van der Waals surface area contributed by atoms with Crippen molar-refractivity contribution in [3.8, 4) is 11.5 Å². The van der Waals surface area contributed by atoms with Gasteiger partial charge >= 0.3 is 0 Å². The fraction of sp³-hybridized carbons (Fsp3) is 0.312. The van der Waals surface area contributed by atoms with E-state index < -0.39 is 0 Å². The van der Waals surface area contributed by atoms with Gasteiger partial charge in [0.1, 0.15) is 17.3 Å². The Balaban J connectivity index is 2.12. The van der Waals surface area contributed by atoms with Crippen LogP contribution in [0.1, 0.15) is 23.8 Å². The summed E-state index contributed by atoms with van der Waals surface area (Å²) in [6.45, 7) is 2.87. The molecule has 0 saturated carbocycles. The fourth-order valence-corrected chi connectivity index (χ4v) is 1.90. The molecule has 0 unspecified atom stereocenters. The number of nitrogens with one attached hydrogen (secondary N) is 2. The van der Waals surface area contributed by atoms with Gasteiger partial charge in [0.2, 0.25) is 0 Å². The monoisotopic (exact) mass is 316 g/mol. The number of rotatable bonds is 7. The molecule has 0 aliphatic rings. The average molecular weight is 316 g/mol. The second-order valence-electron chi connectivity index (χ2n) is 4.75. The highest BCUT2D eigenvalue weighted by Gasteiger charge is 2.12. The summed E-state index contributed by atoms with van der Waals surface area (Å²) in [5, 5.41) is 13.8. The molecule has 1 aromatic heterocycles. The van der Waals surface area contributed by atoms with Crippen molar-refractivity contribution >= 4 is 17.4 Å². The van der Waals surface area contributed by atoms with Gasteiger partial charge in [0.05, 0.1) is 19.9 Å². The van der Waals surface area contributed by atoms with Crippen LogP contribution in [0, 0.1) is 0 Å². The zero-order chi connectivity index (χ0) is 16.7. The molecule has 7 nitrogen and oxygen atoms in total. The minimum Gasteiger partial charge on any atom is -0.497 e. The standard InChI is InChI=1S/C16H20N4O3/c1-4-9-17-15-8-6-12(19-20-15)16(21)18-13-10-11(22-2)5-7-14(13)23-3/h5-8,10H,4,9H2,1-3H3,(H,17,20)(H,18,21). The molecule has 1 amide bonds. The molecule has 0 aliphatic heterocycles. The van der Waals surface area contributed by atoms with E-state index in [0.717, 1.165) is 13.0 Å². The lowest BCUT2D eigenvalue weighted by Crippen LogP contribution is -2.15. The number of hydrogen-bond donors (Lipinski definition) is 2. The van der Waals surface area contributed by atoms with E-state index in [9.17, 15) is 4.79 Å². The zero-order valence-electron chi connectivity index (χ0n) is 13.4. The van der Waals surface area contributed by atoms with Crippen LogP contribution in [-0.2, 0) is 0 Å². The molecule has 2 aromatic rings. The first-order valence-electron chi connectivity index (χ1n) is 7.29. The minimum absolute atomic E-state index is 0.219. The summed E-state index contributed by atoms with van der Waals surface area (Å²) in [5.41, 5.74) is 0.726. The summed E-state index contributed by atoms with van der Waals surface area (Å²) < 4.78 is 10.4. The molecular weight excluding hydrogens is 296 g/mol. The second-order valence-corrected chi connectivity index (χ2v) is 4.75. The molecule has 0 fully saturated rings. The van der Waals surface area contributed by atoms with E-state index in [2.05, 4.69) is 27.8 Å². The normalized spacial score (nSPS) is 10.0. The summed E-state index contributed by atoms with van der Waals surface area (Å²) in [7, 11) is 3.09. The number of methoxy groups -OCH3 is 2. The third kappa shape index (κ3) is 4.32. The fourth-order valence-electron chi connectivity index (χ4n) is 1.90. The summed E-state index contributed by atoms with van der Waals surface area (Å²) >= 11 is 0. The smallest absolute Gasteiger partial charge is 0.276 e. The third-order valence-corrected chi connectivity index (χ3v) is 3.11. The largest absolute Gasteiger partial charge is 0.497 e. The first kappa shape index (κ1) is 16.5. The molecule has 1 heterocycles. The van der Waals surface area contributed by atoms with E-state index in [0.29, 0.717) is 23.0 Å². The number of amides is 1. The van der Waals surface area contributed by atoms with Crippen LogP contribution in [0.2, 0.25) is 0 Å². The molecule has 0 atom stereocenters. The van der Waals surface area contributed by atoms with Crippen LogP contribution in [0.4, 0.5) is 11.5 Å². The molecule has 0 spiro atoms. The average Bonchev–Trinajstić information content (AvgIpc) is 2.60. The van der Waals surface area contributed by atoms with Crippen molar-refractivity contribution in [1.29, 1.82) is 0 Å². The Morgan fingerprint density at radius 1 is 1.13 bits per heavy atom. The maximum Gasteiger partial charge on any atom is 0.276 e. The predicted octanol–water partition coefficient (Wildman–Crippen LogP) is 2.57. The molecule has 2 rings (SSSR count). The maximum atomic E-state index is 12.3. The van der Waals surface area contributed by atoms with Crippen molar-refractivity contribution in [2.24, 2.45) is 0 Å². The molecule has 0 saturated heterocycles. The van der Waals surface area contributed by atoms with Gasteiger partial charge in [-0.05, 0) is 30.7 Å². The molecule has 23 heavy (non-hydrogen) atoms. The number of anilines is 2. The van der Waals surface area contributed by atoms with Gasteiger partial charge in [-0.15, -0.1) is 10.2 Å². The number of carbonyl (C=O) groups is 1. The van der Waals surface area contributed by atoms with Crippen LogP contribution in [-0.4, -0.2) is 36.9 Å². The van der Waals surface area contributed by atoms with Gasteiger partial charge in [-0.3, -0.25) is 4.79 Å². The minimum atomic E-state index is -0.369. The van der Waals surface area contributed by atoms with E-state index in [1.165, 1.54) is 7.11 Å². The van der Waals surface area contributed by atoms with E-state index in [1.54, 1.807) is 37.4 Å². The van der Waals surface area contributed by atoms with E-state index in [4.69, 9.17) is 9.47 Å². The molecule has 0 bridgehead atoms. The van der Waals surface area contributed by atoms with Crippen LogP contribution >= 0.6 is 0 Å². The van der Waals surface area contributed by atoms with Gasteiger partial charge in [0.25, 0.3) is 5.91 Å². The first-order valence-corrected chi connectivity index (χ1v) is 7.29.